The molecular formula is C12H14FN3O2S. The molecule has 0 aliphatic heterocycles. The minimum atomic E-state index is -3.81. The third kappa shape index (κ3) is 3.18. The van der Waals surface area contributed by atoms with Crippen LogP contribution >= 0.6 is 0 Å². The molecule has 0 amide bonds. The number of aryl methyl sites for hydroxylation is 1. The topological polar surface area (TPSA) is 64.0 Å². The number of rotatable bonds is 5. The molecule has 0 aliphatic carbocycles. The Labute approximate surface area is 111 Å². The van der Waals surface area contributed by atoms with Gasteiger partial charge in [-0.1, -0.05) is 12.1 Å². The van der Waals surface area contributed by atoms with E-state index in [4.69, 9.17) is 0 Å². The second kappa shape index (κ2) is 5.50. The van der Waals surface area contributed by atoms with E-state index in [9.17, 15) is 12.8 Å². The summed E-state index contributed by atoms with van der Waals surface area (Å²) >= 11 is 0. The molecule has 1 N–H and O–H groups in total. The fourth-order valence-corrected chi connectivity index (χ4v) is 2.81. The van der Waals surface area contributed by atoms with Crippen LogP contribution in [0.1, 0.15) is 5.69 Å². The summed E-state index contributed by atoms with van der Waals surface area (Å²) in [5, 5.41) is 3.98. The average Bonchev–Trinajstić information content (AvgIpc) is 2.75. The first-order chi connectivity index (χ1) is 9.00. The summed E-state index contributed by atoms with van der Waals surface area (Å²) in [5.74, 6) is -0.754. The number of nitrogens with one attached hydrogen (secondary N) is 1. The van der Waals surface area contributed by atoms with Crippen LogP contribution < -0.4 is 4.72 Å². The fraction of sp³-hybridized carbons (Fsp3) is 0.250. The summed E-state index contributed by atoms with van der Waals surface area (Å²) in [6.45, 7) is 0.191. The molecule has 5 nitrogen and oxygen atoms in total. The monoisotopic (exact) mass is 283 g/mol. The highest BCUT2D eigenvalue weighted by molar-refractivity contribution is 7.89. The van der Waals surface area contributed by atoms with Gasteiger partial charge in [-0.15, -0.1) is 0 Å². The van der Waals surface area contributed by atoms with Gasteiger partial charge in [-0.25, -0.2) is 17.5 Å². The van der Waals surface area contributed by atoms with E-state index in [-0.39, 0.29) is 11.4 Å². The smallest absolute Gasteiger partial charge is 0.243 e. The van der Waals surface area contributed by atoms with Crippen molar-refractivity contribution < 1.29 is 12.8 Å². The second-order valence-corrected chi connectivity index (χ2v) is 5.76. The highest BCUT2D eigenvalue weighted by atomic mass is 32.2. The first-order valence-corrected chi connectivity index (χ1v) is 7.20. The molecule has 2 aromatic rings. The van der Waals surface area contributed by atoms with E-state index in [1.54, 1.807) is 24.0 Å². The Balaban J connectivity index is 2.03. The molecule has 0 saturated heterocycles. The van der Waals surface area contributed by atoms with Crippen molar-refractivity contribution >= 4 is 10.0 Å². The molecule has 2 rings (SSSR count). The van der Waals surface area contributed by atoms with E-state index in [0.717, 1.165) is 11.8 Å². The number of nitrogens with zero attached hydrogens (tertiary/aromatic N) is 2. The predicted molar refractivity (Wildman–Crippen MR) is 68.5 cm³/mol. The second-order valence-electron chi connectivity index (χ2n) is 4.02. The molecule has 0 fully saturated rings. The van der Waals surface area contributed by atoms with Crippen molar-refractivity contribution in [3.05, 3.63) is 48.0 Å². The van der Waals surface area contributed by atoms with Crippen LogP contribution in [0.3, 0.4) is 0 Å². The molecule has 19 heavy (non-hydrogen) atoms. The zero-order chi connectivity index (χ0) is 13.9. The van der Waals surface area contributed by atoms with Crippen molar-refractivity contribution in [1.29, 1.82) is 0 Å². The minimum Gasteiger partial charge on any atom is -0.273 e. The largest absolute Gasteiger partial charge is 0.273 e. The Bertz CT molecular complexity index is 667. The zero-order valence-corrected chi connectivity index (χ0v) is 11.2. The fourth-order valence-electron chi connectivity index (χ4n) is 1.70. The van der Waals surface area contributed by atoms with E-state index < -0.39 is 15.8 Å². The van der Waals surface area contributed by atoms with E-state index in [1.807, 2.05) is 0 Å². The molecule has 1 aromatic heterocycles. The standard InChI is InChI=1S/C12H14FN3O2S/c1-16-10(6-8-14-16)7-9-15-19(17,18)12-5-3-2-4-11(12)13/h2-6,8,15H,7,9H2,1H3. The highest BCUT2D eigenvalue weighted by Crippen LogP contribution is 2.12. The minimum absolute atomic E-state index is 0.191. The lowest BCUT2D eigenvalue weighted by molar-refractivity contribution is 0.556. The molecule has 1 heterocycles. The van der Waals surface area contributed by atoms with Crippen LogP contribution in [0.25, 0.3) is 0 Å². The van der Waals surface area contributed by atoms with Crippen LogP contribution in [-0.2, 0) is 23.5 Å². The third-order valence-electron chi connectivity index (χ3n) is 2.72. The van der Waals surface area contributed by atoms with Crippen molar-refractivity contribution in [3.8, 4) is 0 Å². The SMILES string of the molecule is Cn1nccc1CCNS(=O)(=O)c1ccccc1F. The molecular weight excluding hydrogens is 269 g/mol. The maximum Gasteiger partial charge on any atom is 0.243 e. The van der Waals surface area contributed by atoms with Gasteiger partial charge in [0.25, 0.3) is 0 Å². The molecule has 0 unspecified atom stereocenters. The van der Waals surface area contributed by atoms with Crippen LogP contribution in [0.15, 0.2) is 41.4 Å². The summed E-state index contributed by atoms with van der Waals surface area (Å²) in [7, 11) is -2.03. The number of hydrogen-bond donors (Lipinski definition) is 1. The van der Waals surface area contributed by atoms with Crippen LogP contribution in [-0.4, -0.2) is 24.7 Å². The van der Waals surface area contributed by atoms with E-state index in [0.29, 0.717) is 6.42 Å². The van der Waals surface area contributed by atoms with Crippen molar-refractivity contribution in [2.75, 3.05) is 6.54 Å². The van der Waals surface area contributed by atoms with E-state index >= 15 is 0 Å². The molecule has 7 heteroatoms. The number of sulfonamides is 1. The maximum absolute atomic E-state index is 13.4. The van der Waals surface area contributed by atoms with Gasteiger partial charge in [0.15, 0.2) is 0 Å². The van der Waals surface area contributed by atoms with Crippen LogP contribution in [0, 0.1) is 5.82 Å². The molecule has 102 valence electrons. The van der Waals surface area contributed by atoms with Crippen molar-refractivity contribution in [2.45, 2.75) is 11.3 Å². The van der Waals surface area contributed by atoms with Crippen LogP contribution in [0.4, 0.5) is 4.39 Å². The molecule has 0 saturated carbocycles. The van der Waals surface area contributed by atoms with Gasteiger partial charge < -0.3 is 0 Å². The van der Waals surface area contributed by atoms with Gasteiger partial charge in [-0.3, -0.25) is 4.68 Å². The van der Waals surface area contributed by atoms with Crippen molar-refractivity contribution in [3.63, 3.8) is 0 Å². The highest BCUT2D eigenvalue weighted by Gasteiger charge is 2.17. The molecule has 0 atom stereocenters. The Morgan fingerprint density at radius 1 is 1.32 bits per heavy atom. The Morgan fingerprint density at radius 3 is 2.68 bits per heavy atom. The normalized spacial score (nSPS) is 11.7. The lowest BCUT2D eigenvalue weighted by Gasteiger charge is -2.07. The van der Waals surface area contributed by atoms with Gasteiger partial charge >= 0.3 is 0 Å². The number of halogens is 1. The first kappa shape index (κ1) is 13.7. The molecule has 1 aromatic carbocycles. The predicted octanol–water partition coefficient (Wildman–Crippen LogP) is 1.08. The lowest BCUT2D eigenvalue weighted by Crippen LogP contribution is -2.27. The first-order valence-electron chi connectivity index (χ1n) is 5.72. The van der Waals surface area contributed by atoms with Gasteiger partial charge in [0.1, 0.15) is 10.7 Å². The third-order valence-corrected chi connectivity index (χ3v) is 4.22. The Morgan fingerprint density at radius 2 is 2.05 bits per heavy atom. The number of hydrogen-bond acceptors (Lipinski definition) is 3. The molecule has 0 bridgehead atoms. The zero-order valence-electron chi connectivity index (χ0n) is 10.4. The maximum atomic E-state index is 13.4. The van der Waals surface area contributed by atoms with E-state index in [1.165, 1.54) is 18.2 Å². The summed E-state index contributed by atoms with van der Waals surface area (Å²) in [4.78, 5) is -0.333. The van der Waals surface area contributed by atoms with Gasteiger partial charge in [-0.05, 0) is 18.2 Å². The Hall–Kier alpha value is -1.73. The van der Waals surface area contributed by atoms with Gasteiger partial charge in [0.05, 0.1) is 0 Å². The number of benzene rings is 1. The average molecular weight is 283 g/mol. The van der Waals surface area contributed by atoms with Gasteiger partial charge in [-0.2, -0.15) is 5.10 Å². The van der Waals surface area contributed by atoms with Crippen LogP contribution in [0.5, 0.6) is 0 Å². The van der Waals surface area contributed by atoms with Crippen molar-refractivity contribution in [2.24, 2.45) is 7.05 Å². The summed E-state index contributed by atoms with van der Waals surface area (Å²) in [6.07, 6.45) is 2.13. The molecule has 0 radical (unpaired) electrons. The lowest BCUT2D eigenvalue weighted by atomic mass is 10.3. The number of aromatic nitrogens is 2. The quantitative estimate of drug-likeness (QED) is 0.893. The summed E-state index contributed by atoms with van der Waals surface area (Å²) in [6, 6.07) is 7.09. The summed E-state index contributed by atoms with van der Waals surface area (Å²) < 4.78 is 41.2. The van der Waals surface area contributed by atoms with Crippen LogP contribution in [0.2, 0.25) is 0 Å². The van der Waals surface area contributed by atoms with E-state index in [2.05, 4.69) is 9.82 Å². The van der Waals surface area contributed by atoms with Crippen molar-refractivity contribution in [1.82, 2.24) is 14.5 Å². The summed E-state index contributed by atoms with van der Waals surface area (Å²) in [5.41, 5.74) is 0.899. The molecule has 0 aliphatic rings. The van der Waals surface area contributed by atoms with Gasteiger partial charge in [0, 0.05) is 31.9 Å². The Kier molecular flexibility index (Phi) is 3.96. The molecule has 0 spiro atoms. The van der Waals surface area contributed by atoms with Gasteiger partial charge in [0.2, 0.25) is 10.0 Å².